The standard InChI is InChI=1S/C11H11N5O3S/c1-6(8(17)14-10(12)18)20-11-16-15-9(19-11)7-3-2-4-13-5-7/h2-6H,1H3,(H3,12,14,17,18)/t6-/m0/s1. The smallest absolute Gasteiger partial charge is 0.318 e. The van der Waals surface area contributed by atoms with E-state index in [-0.39, 0.29) is 5.22 Å². The number of imide groups is 1. The molecular weight excluding hydrogens is 282 g/mol. The second-order valence-corrected chi connectivity index (χ2v) is 5.02. The van der Waals surface area contributed by atoms with Gasteiger partial charge in [0, 0.05) is 12.4 Å². The minimum Gasteiger partial charge on any atom is -0.411 e. The third-order valence-electron chi connectivity index (χ3n) is 2.21. The first-order valence-electron chi connectivity index (χ1n) is 5.57. The normalized spacial score (nSPS) is 11.8. The first kappa shape index (κ1) is 14.0. The average molecular weight is 293 g/mol. The number of thioether (sulfide) groups is 1. The SMILES string of the molecule is C[C@H](Sc1nnc(-c2cccnc2)o1)C(=O)NC(N)=O. The molecule has 2 aromatic heterocycles. The number of carbonyl (C=O) groups is 2. The molecule has 2 aromatic rings. The number of nitrogens with two attached hydrogens (primary N) is 1. The van der Waals surface area contributed by atoms with Crippen LogP contribution in [0, 0.1) is 0 Å². The van der Waals surface area contributed by atoms with Crippen LogP contribution in [0.1, 0.15) is 6.92 Å². The van der Waals surface area contributed by atoms with E-state index < -0.39 is 17.2 Å². The van der Waals surface area contributed by atoms with Gasteiger partial charge in [-0.25, -0.2) is 4.79 Å². The Kier molecular flexibility index (Phi) is 4.31. The zero-order valence-electron chi connectivity index (χ0n) is 10.4. The molecule has 0 saturated carbocycles. The van der Waals surface area contributed by atoms with Crippen LogP contribution >= 0.6 is 11.8 Å². The number of rotatable bonds is 4. The van der Waals surface area contributed by atoms with Crippen molar-refractivity contribution in [2.45, 2.75) is 17.4 Å². The number of amides is 3. The second-order valence-electron chi connectivity index (χ2n) is 3.73. The largest absolute Gasteiger partial charge is 0.411 e. The van der Waals surface area contributed by atoms with Crippen molar-refractivity contribution in [3.8, 4) is 11.5 Å². The van der Waals surface area contributed by atoms with Crippen molar-refractivity contribution >= 4 is 23.7 Å². The molecule has 0 aromatic carbocycles. The van der Waals surface area contributed by atoms with Gasteiger partial charge in [0.25, 0.3) is 5.22 Å². The number of hydrogen-bond acceptors (Lipinski definition) is 7. The van der Waals surface area contributed by atoms with E-state index in [0.717, 1.165) is 11.8 Å². The van der Waals surface area contributed by atoms with Gasteiger partial charge < -0.3 is 10.2 Å². The Balaban J connectivity index is 2.03. The van der Waals surface area contributed by atoms with Gasteiger partial charge in [0.1, 0.15) is 0 Å². The van der Waals surface area contributed by atoms with Crippen molar-refractivity contribution in [2.75, 3.05) is 0 Å². The molecule has 0 aliphatic rings. The molecule has 1 atom stereocenters. The number of pyridine rings is 1. The fourth-order valence-corrected chi connectivity index (χ4v) is 1.97. The summed E-state index contributed by atoms with van der Waals surface area (Å²) >= 11 is 1.03. The highest BCUT2D eigenvalue weighted by Crippen LogP contribution is 2.25. The Labute approximate surface area is 118 Å². The Hall–Kier alpha value is -2.42. The van der Waals surface area contributed by atoms with Crippen LogP contribution in [0.25, 0.3) is 11.5 Å². The Morgan fingerprint density at radius 1 is 1.45 bits per heavy atom. The number of nitrogens with zero attached hydrogens (tertiary/aromatic N) is 3. The molecule has 20 heavy (non-hydrogen) atoms. The lowest BCUT2D eigenvalue weighted by molar-refractivity contribution is -0.119. The van der Waals surface area contributed by atoms with Crippen molar-refractivity contribution in [3.05, 3.63) is 24.5 Å². The molecular formula is C11H11N5O3S. The number of hydrogen-bond donors (Lipinski definition) is 2. The third-order valence-corrected chi connectivity index (χ3v) is 3.14. The average Bonchev–Trinajstić information content (AvgIpc) is 2.87. The Morgan fingerprint density at radius 2 is 2.25 bits per heavy atom. The molecule has 0 unspecified atom stereocenters. The summed E-state index contributed by atoms with van der Waals surface area (Å²) in [5.74, 6) is -0.216. The van der Waals surface area contributed by atoms with Crippen LogP contribution in [0.2, 0.25) is 0 Å². The minimum atomic E-state index is -0.899. The first-order valence-corrected chi connectivity index (χ1v) is 6.45. The molecule has 0 aliphatic carbocycles. The summed E-state index contributed by atoms with van der Waals surface area (Å²) in [6, 6.07) is 2.62. The quantitative estimate of drug-likeness (QED) is 0.799. The van der Waals surface area contributed by atoms with Crippen LogP contribution in [0.3, 0.4) is 0 Å². The van der Waals surface area contributed by atoms with Crippen molar-refractivity contribution in [2.24, 2.45) is 5.73 Å². The van der Waals surface area contributed by atoms with Gasteiger partial charge in [-0.3, -0.25) is 15.1 Å². The van der Waals surface area contributed by atoms with E-state index in [1.807, 2.05) is 5.32 Å². The van der Waals surface area contributed by atoms with Crippen LogP contribution in [-0.2, 0) is 4.79 Å². The predicted octanol–water partition coefficient (Wildman–Crippen LogP) is 0.807. The van der Waals surface area contributed by atoms with E-state index in [0.29, 0.717) is 11.5 Å². The lowest BCUT2D eigenvalue weighted by atomic mass is 10.3. The summed E-state index contributed by atoms with van der Waals surface area (Å²) in [6.45, 7) is 1.59. The van der Waals surface area contributed by atoms with Gasteiger partial charge in [-0.15, -0.1) is 10.2 Å². The summed E-state index contributed by atoms with van der Waals surface area (Å²) < 4.78 is 5.40. The van der Waals surface area contributed by atoms with Gasteiger partial charge in [0.05, 0.1) is 10.8 Å². The van der Waals surface area contributed by atoms with Gasteiger partial charge in [0.2, 0.25) is 11.8 Å². The number of aromatic nitrogens is 3. The zero-order chi connectivity index (χ0) is 14.5. The van der Waals surface area contributed by atoms with Crippen LogP contribution in [-0.4, -0.2) is 32.4 Å². The lowest BCUT2D eigenvalue weighted by Gasteiger charge is -2.06. The predicted molar refractivity (Wildman–Crippen MR) is 70.6 cm³/mol. The van der Waals surface area contributed by atoms with Crippen molar-refractivity contribution in [1.29, 1.82) is 0 Å². The van der Waals surface area contributed by atoms with Crippen molar-refractivity contribution < 1.29 is 14.0 Å². The number of nitrogens with one attached hydrogen (secondary N) is 1. The summed E-state index contributed by atoms with van der Waals surface area (Å²) in [4.78, 5) is 26.0. The van der Waals surface area contributed by atoms with Crippen LogP contribution < -0.4 is 11.1 Å². The van der Waals surface area contributed by atoms with E-state index in [1.54, 1.807) is 31.5 Å². The third kappa shape index (κ3) is 3.54. The van der Waals surface area contributed by atoms with Crippen LogP contribution in [0.4, 0.5) is 4.79 Å². The van der Waals surface area contributed by atoms with E-state index in [1.165, 1.54) is 0 Å². The molecule has 104 valence electrons. The molecule has 0 spiro atoms. The van der Waals surface area contributed by atoms with Crippen molar-refractivity contribution in [1.82, 2.24) is 20.5 Å². The van der Waals surface area contributed by atoms with Gasteiger partial charge in [-0.05, 0) is 19.1 Å². The summed E-state index contributed by atoms with van der Waals surface area (Å²) in [5, 5.41) is 9.28. The highest BCUT2D eigenvalue weighted by Gasteiger charge is 2.19. The van der Waals surface area contributed by atoms with E-state index in [9.17, 15) is 9.59 Å². The molecule has 0 radical (unpaired) electrons. The maximum absolute atomic E-state index is 11.5. The van der Waals surface area contributed by atoms with Gasteiger partial charge in [-0.2, -0.15) is 0 Å². The molecule has 9 heteroatoms. The molecule has 8 nitrogen and oxygen atoms in total. The highest BCUT2D eigenvalue weighted by atomic mass is 32.2. The van der Waals surface area contributed by atoms with E-state index >= 15 is 0 Å². The monoisotopic (exact) mass is 293 g/mol. The maximum Gasteiger partial charge on any atom is 0.318 e. The summed E-state index contributed by atoms with van der Waals surface area (Å²) in [6.07, 6.45) is 3.22. The molecule has 2 rings (SSSR count). The summed E-state index contributed by atoms with van der Waals surface area (Å²) in [7, 11) is 0. The Bertz CT molecular complexity index is 616. The molecule has 3 N–H and O–H groups in total. The topological polar surface area (TPSA) is 124 Å². The van der Waals surface area contributed by atoms with E-state index in [4.69, 9.17) is 10.2 Å². The number of urea groups is 1. The van der Waals surface area contributed by atoms with Crippen molar-refractivity contribution in [3.63, 3.8) is 0 Å². The molecule has 0 saturated heterocycles. The minimum absolute atomic E-state index is 0.218. The highest BCUT2D eigenvalue weighted by molar-refractivity contribution is 8.00. The fourth-order valence-electron chi connectivity index (χ4n) is 1.29. The van der Waals surface area contributed by atoms with Crippen LogP contribution in [0.15, 0.2) is 34.2 Å². The molecule has 0 fully saturated rings. The van der Waals surface area contributed by atoms with Gasteiger partial charge in [-0.1, -0.05) is 11.8 Å². The van der Waals surface area contributed by atoms with Gasteiger partial charge >= 0.3 is 6.03 Å². The summed E-state index contributed by atoms with van der Waals surface area (Å²) in [5.41, 5.74) is 5.55. The molecule has 3 amide bonds. The second kappa shape index (κ2) is 6.15. The molecule has 0 aliphatic heterocycles. The number of primary amides is 1. The maximum atomic E-state index is 11.5. The van der Waals surface area contributed by atoms with E-state index in [2.05, 4.69) is 15.2 Å². The zero-order valence-corrected chi connectivity index (χ0v) is 11.3. The molecule has 0 bridgehead atoms. The number of carbonyl (C=O) groups excluding carboxylic acids is 2. The fraction of sp³-hybridized carbons (Fsp3) is 0.182. The Morgan fingerprint density at radius 3 is 2.90 bits per heavy atom. The first-order chi connectivity index (χ1) is 9.56. The van der Waals surface area contributed by atoms with Crippen LogP contribution in [0.5, 0.6) is 0 Å². The van der Waals surface area contributed by atoms with Gasteiger partial charge in [0.15, 0.2) is 0 Å². The lowest BCUT2D eigenvalue weighted by Crippen LogP contribution is -2.39. The molecule has 2 heterocycles.